The SMILES string of the molecule is [Fe+4].[Fe+4].[O-][Cl+3]([O-])([O-])[O-].[O-][Cl+3]([O-])([O-])[O-].[O-][Cl+3]([O-])([O-])[O-].[O-][Cl+3]([O-])([O-])[O-].c1cc(CNc2ccccc2-c2ccccc2NCc2cccc(-n3cccn3)n2)nc(-n2cccn2)c1.c1cc(CNc2ccccc2-c2ccccc2NCc2cccc(-n3cccn3)n2)nc(-n2cccn2)c1. The summed E-state index contributed by atoms with van der Waals surface area (Å²) in [7, 11) is -19.8. The van der Waals surface area contributed by atoms with Crippen LogP contribution in [0.5, 0.6) is 0 Å². The predicted molar refractivity (Wildman–Crippen MR) is 298 cm³/mol. The quantitative estimate of drug-likeness (QED) is 0.0580. The molecule has 98 heavy (non-hydrogen) atoms. The molecule has 0 bridgehead atoms. The van der Waals surface area contributed by atoms with Crippen LogP contribution in [-0.4, -0.2) is 59.1 Å². The first-order chi connectivity index (χ1) is 45.7. The van der Waals surface area contributed by atoms with Gasteiger partial charge in [0.1, 0.15) is 0 Å². The number of rotatable bonds is 18. The van der Waals surface area contributed by atoms with E-state index in [-0.39, 0.29) is 34.1 Å². The van der Waals surface area contributed by atoms with Crippen molar-refractivity contribution in [1.29, 1.82) is 0 Å². The van der Waals surface area contributed by atoms with Crippen molar-refractivity contribution >= 4 is 22.7 Å². The first kappa shape index (κ1) is 79.8. The Morgan fingerprint density at radius 3 is 0.602 bits per heavy atom. The third kappa shape index (κ3) is 29.8. The van der Waals surface area contributed by atoms with Crippen molar-refractivity contribution in [3.63, 3.8) is 0 Å². The van der Waals surface area contributed by atoms with E-state index in [1.807, 2.05) is 146 Å². The summed E-state index contributed by atoms with van der Waals surface area (Å²) in [4.78, 5) is 19.0. The molecule has 0 saturated carbocycles. The molecule has 0 fully saturated rings. The Hall–Kier alpha value is -8.92. The molecule has 0 aliphatic rings. The number of benzene rings is 4. The van der Waals surface area contributed by atoms with Gasteiger partial charge in [-0.05, 0) is 97.1 Å². The van der Waals surface area contributed by atoms with Gasteiger partial charge in [0.25, 0.3) is 0 Å². The Labute approximate surface area is 587 Å². The molecular formula is C60H52Cl4Fe2N16O16+4. The largest absolute Gasteiger partial charge is 4.00 e. The van der Waals surface area contributed by atoms with Gasteiger partial charge in [0.2, 0.25) is 0 Å². The minimum Gasteiger partial charge on any atom is -0.379 e. The topological polar surface area (TPSA) is 540 Å². The maximum absolute atomic E-state index is 8.49. The third-order valence-electron chi connectivity index (χ3n) is 12.3. The summed E-state index contributed by atoms with van der Waals surface area (Å²) in [5, 5.41) is 31.5. The zero-order chi connectivity index (χ0) is 69.1. The van der Waals surface area contributed by atoms with E-state index >= 15 is 0 Å². The Balaban J connectivity index is 0.000000273. The molecule has 8 aromatic heterocycles. The summed E-state index contributed by atoms with van der Waals surface area (Å²) in [5.74, 6) is 3.18. The van der Waals surface area contributed by atoms with E-state index in [1.165, 1.54) is 0 Å². The van der Waals surface area contributed by atoms with E-state index < -0.39 is 41.0 Å². The molecule has 38 heteroatoms. The standard InChI is InChI=1S/2C30H26N8.4ClHO4.2Fe/c2*1-3-13-27(31-21-23-9-5-15-29(35-23)37-19-7-17-33-37)25(11-1)26-12-2-4-14-28(26)32-22-24-10-6-16-30(36-24)38-20-8-18-34-38;4*2-1(3,4)5;;/h2*1-20,31-32H,21-22H2;4*(H,2,3,4,5);;/q;;;;;;2*+4/p-4. The molecule has 0 aliphatic heterocycles. The van der Waals surface area contributed by atoms with Gasteiger partial charge in [-0.25, -0.2) is 113 Å². The van der Waals surface area contributed by atoms with Gasteiger partial charge in [0.05, 0.1) is 49.0 Å². The first-order valence-electron chi connectivity index (χ1n) is 27.3. The fourth-order valence-electron chi connectivity index (χ4n) is 8.62. The maximum Gasteiger partial charge on any atom is 4.00 e. The number of nitrogens with one attached hydrogen (secondary N) is 4. The van der Waals surface area contributed by atoms with Crippen LogP contribution in [0.1, 0.15) is 22.8 Å². The van der Waals surface area contributed by atoms with Crippen LogP contribution in [0, 0.1) is 41.0 Å². The van der Waals surface area contributed by atoms with Gasteiger partial charge in [-0.2, -0.15) is 20.4 Å². The Morgan fingerprint density at radius 2 is 0.429 bits per heavy atom. The Bertz CT molecular complexity index is 3690. The van der Waals surface area contributed by atoms with Crippen LogP contribution in [0.15, 0.2) is 244 Å². The Morgan fingerprint density at radius 1 is 0.245 bits per heavy atom. The number of pyridine rings is 4. The minimum atomic E-state index is -4.94. The second kappa shape index (κ2) is 38.9. The Kier molecular flexibility index (Phi) is 31.6. The molecule has 12 aromatic rings. The molecule has 8 heterocycles. The number of anilines is 4. The van der Waals surface area contributed by atoms with Crippen molar-refractivity contribution < 1.29 is 150 Å². The maximum atomic E-state index is 8.49. The summed E-state index contributed by atoms with van der Waals surface area (Å²) in [6.45, 7) is 2.36. The van der Waals surface area contributed by atoms with Gasteiger partial charge < -0.3 is 21.3 Å². The van der Waals surface area contributed by atoms with Gasteiger partial charge in [0.15, 0.2) is 23.3 Å². The predicted octanol–water partition coefficient (Wildman–Crippen LogP) is -7.55. The smallest absolute Gasteiger partial charge is 0.379 e. The number of aromatic nitrogens is 12. The molecule has 0 spiro atoms. The molecule has 508 valence electrons. The van der Waals surface area contributed by atoms with E-state index in [2.05, 4.69) is 114 Å². The molecule has 0 aliphatic carbocycles. The third-order valence-corrected chi connectivity index (χ3v) is 12.3. The van der Waals surface area contributed by atoms with Crippen LogP contribution in [0.4, 0.5) is 22.7 Å². The van der Waals surface area contributed by atoms with Gasteiger partial charge >= 0.3 is 34.1 Å². The minimum absolute atomic E-state index is 0. The van der Waals surface area contributed by atoms with Gasteiger partial charge in [0, 0.05) is 94.6 Å². The van der Waals surface area contributed by atoms with Crippen LogP contribution in [0.25, 0.3) is 45.5 Å². The summed E-state index contributed by atoms with van der Waals surface area (Å²) in [6, 6.07) is 64.7. The van der Waals surface area contributed by atoms with Crippen molar-refractivity contribution in [3.8, 4) is 45.5 Å². The van der Waals surface area contributed by atoms with Crippen molar-refractivity contribution in [3.05, 3.63) is 266 Å². The monoisotopic (exact) mass is 1500 g/mol. The molecule has 0 unspecified atom stereocenters. The second-order valence-electron chi connectivity index (χ2n) is 18.9. The number of halogens is 4. The molecule has 4 N–H and O–H groups in total. The van der Waals surface area contributed by atoms with Crippen LogP contribution in [-0.2, 0) is 60.3 Å². The average molecular weight is 1510 g/mol. The van der Waals surface area contributed by atoms with Gasteiger partial charge in [-0.15, -0.1) is 41.0 Å². The van der Waals surface area contributed by atoms with Crippen LogP contribution < -0.4 is 95.8 Å². The number of hydrogen-bond donors (Lipinski definition) is 4. The van der Waals surface area contributed by atoms with Crippen molar-refractivity contribution in [2.75, 3.05) is 21.3 Å². The fourth-order valence-corrected chi connectivity index (χ4v) is 8.62. The zero-order valence-corrected chi connectivity index (χ0v) is 55.3. The zero-order valence-electron chi connectivity index (χ0n) is 50.0. The van der Waals surface area contributed by atoms with E-state index in [1.54, 1.807) is 43.5 Å². The molecule has 0 saturated heterocycles. The second-order valence-corrected chi connectivity index (χ2v) is 21.9. The first-order valence-corrected chi connectivity index (χ1v) is 32.2. The van der Waals surface area contributed by atoms with Crippen molar-refractivity contribution in [2.24, 2.45) is 0 Å². The molecule has 12 rings (SSSR count). The molecule has 32 nitrogen and oxygen atoms in total. The van der Waals surface area contributed by atoms with E-state index in [0.717, 1.165) is 91.1 Å². The van der Waals surface area contributed by atoms with E-state index in [9.17, 15) is 0 Å². The van der Waals surface area contributed by atoms with Crippen LogP contribution in [0.2, 0.25) is 0 Å². The molecule has 0 atom stereocenters. The summed E-state index contributed by atoms with van der Waals surface area (Å²) >= 11 is 0. The summed E-state index contributed by atoms with van der Waals surface area (Å²) in [6.07, 6.45) is 14.6. The molecule has 0 amide bonds. The number of hydrogen-bond acceptors (Lipinski definition) is 28. The molecule has 4 aromatic carbocycles. The normalized spacial score (nSPS) is 10.9. The van der Waals surface area contributed by atoms with Gasteiger partial charge in [-0.3, -0.25) is 0 Å². The van der Waals surface area contributed by atoms with Crippen LogP contribution in [0.3, 0.4) is 0 Å². The van der Waals surface area contributed by atoms with E-state index in [4.69, 9.17) is 94.5 Å². The van der Waals surface area contributed by atoms with E-state index in [0.29, 0.717) is 26.2 Å². The van der Waals surface area contributed by atoms with Crippen molar-refractivity contribution in [2.45, 2.75) is 26.2 Å². The van der Waals surface area contributed by atoms with Crippen LogP contribution >= 0.6 is 0 Å². The average Bonchev–Trinajstić information content (AvgIpc) is 1.15. The van der Waals surface area contributed by atoms with Crippen molar-refractivity contribution in [1.82, 2.24) is 59.1 Å². The molecule has 0 radical (unpaired) electrons. The number of nitrogens with zero attached hydrogens (tertiary/aromatic N) is 12. The number of para-hydroxylation sites is 4. The summed E-state index contributed by atoms with van der Waals surface area (Å²) in [5.41, 5.74) is 12.3. The molecular weight excluding hydrogens is 1450 g/mol. The fraction of sp³-hybridized carbons (Fsp3) is 0.0667. The summed E-state index contributed by atoms with van der Waals surface area (Å²) < 4.78 is 143. The van der Waals surface area contributed by atoms with Gasteiger partial charge in [-0.1, -0.05) is 97.1 Å².